The summed E-state index contributed by atoms with van der Waals surface area (Å²) in [5, 5.41) is 0. The van der Waals surface area contributed by atoms with E-state index in [1.807, 2.05) is 0 Å². The van der Waals surface area contributed by atoms with Crippen LogP contribution in [0.25, 0.3) is 0 Å². The third-order valence-electron chi connectivity index (χ3n) is 1.83. The van der Waals surface area contributed by atoms with E-state index in [1.54, 1.807) is 0 Å². The van der Waals surface area contributed by atoms with Crippen LogP contribution in [0.3, 0.4) is 0 Å². The number of alkyl halides is 4. The maximum absolute atomic E-state index is 11.9. The van der Waals surface area contributed by atoms with Crippen LogP contribution in [0.5, 0.6) is 0 Å². The second-order valence-corrected chi connectivity index (χ2v) is 3.94. The SMILES string of the molecule is FC(F)(F)[C@@H]1CC[C@H](Br)C1. The molecule has 0 aromatic rings. The number of hydrogen-bond donors (Lipinski definition) is 0. The Hall–Kier alpha value is 0.270. The topological polar surface area (TPSA) is 0 Å². The summed E-state index contributed by atoms with van der Waals surface area (Å²) >= 11 is 3.17. The molecular formula is C6H8BrF3. The summed E-state index contributed by atoms with van der Waals surface area (Å²) in [7, 11) is 0. The third-order valence-corrected chi connectivity index (χ3v) is 2.66. The molecule has 0 saturated heterocycles. The molecule has 0 aromatic heterocycles. The Morgan fingerprint density at radius 1 is 1.20 bits per heavy atom. The molecular weight excluding hydrogens is 209 g/mol. The van der Waals surface area contributed by atoms with Crippen LogP contribution in [-0.2, 0) is 0 Å². The Morgan fingerprint density at radius 2 is 1.80 bits per heavy atom. The Labute approximate surface area is 65.9 Å². The van der Waals surface area contributed by atoms with Crippen molar-refractivity contribution in [3.8, 4) is 0 Å². The quantitative estimate of drug-likeness (QED) is 0.547. The molecule has 1 aliphatic rings. The molecule has 0 heterocycles. The lowest BCUT2D eigenvalue weighted by molar-refractivity contribution is -0.172. The van der Waals surface area contributed by atoms with Crippen LogP contribution in [0.4, 0.5) is 13.2 Å². The minimum atomic E-state index is -3.97. The van der Waals surface area contributed by atoms with Gasteiger partial charge in [-0.05, 0) is 19.3 Å². The first-order chi connectivity index (χ1) is 4.50. The van der Waals surface area contributed by atoms with Gasteiger partial charge in [0, 0.05) is 4.83 Å². The predicted octanol–water partition coefficient (Wildman–Crippen LogP) is 3.11. The van der Waals surface area contributed by atoms with E-state index in [0.29, 0.717) is 12.8 Å². The van der Waals surface area contributed by atoms with Gasteiger partial charge in [0.2, 0.25) is 0 Å². The number of rotatable bonds is 0. The zero-order valence-electron chi connectivity index (χ0n) is 5.29. The maximum atomic E-state index is 11.9. The van der Waals surface area contributed by atoms with Crippen molar-refractivity contribution >= 4 is 15.9 Å². The Morgan fingerprint density at radius 3 is 2.00 bits per heavy atom. The molecule has 0 amide bonds. The van der Waals surface area contributed by atoms with Crippen molar-refractivity contribution < 1.29 is 13.2 Å². The van der Waals surface area contributed by atoms with Crippen molar-refractivity contribution in [3.05, 3.63) is 0 Å². The fraction of sp³-hybridized carbons (Fsp3) is 1.00. The van der Waals surface area contributed by atoms with Crippen LogP contribution in [0.1, 0.15) is 19.3 Å². The van der Waals surface area contributed by atoms with Gasteiger partial charge >= 0.3 is 6.18 Å². The van der Waals surface area contributed by atoms with Gasteiger partial charge in [-0.2, -0.15) is 13.2 Å². The van der Waals surface area contributed by atoms with Crippen LogP contribution in [0.2, 0.25) is 0 Å². The average molecular weight is 217 g/mol. The molecule has 2 atom stereocenters. The van der Waals surface area contributed by atoms with E-state index in [4.69, 9.17) is 0 Å². The highest BCUT2D eigenvalue weighted by atomic mass is 79.9. The minimum Gasteiger partial charge on any atom is -0.171 e. The Balaban J connectivity index is 2.45. The van der Waals surface area contributed by atoms with Gasteiger partial charge in [0.25, 0.3) is 0 Å². The zero-order valence-corrected chi connectivity index (χ0v) is 6.87. The van der Waals surface area contributed by atoms with Gasteiger partial charge in [0.1, 0.15) is 0 Å². The monoisotopic (exact) mass is 216 g/mol. The molecule has 0 aliphatic heterocycles. The summed E-state index contributed by atoms with van der Waals surface area (Å²) < 4.78 is 35.7. The molecule has 0 nitrogen and oxygen atoms in total. The summed E-state index contributed by atoms with van der Waals surface area (Å²) in [6, 6.07) is 0. The highest BCUT2D eigenvalue weighted by Gasteiger charge is 2.43. The van der Waals surface area contributed by atoms with Crippen LogP contribution >= 0.6 is 15.9 Å². The highest BCUT2D eigenvalue weighted by molar-refractivity contribution is 9.09. The van der Waals surface area contributed by atoms with Gasteiger partial charge in [0.05, 0.1) is 5.92 Å². The zero-order chi connectivity index (χ0) is 7.78. The summed E-state index contributed by atoms with van der Waals surface area (Å²) in [6.45, 7) is 0. The van der Waals surface area contributed by atoms with Crippen LogP contribution in [0, 0.1) is 5.92 Å². The van der Waals surface area contributed by atoms with Crippen LogP contribution < -0.4 is 0 Å². The van der Waals surface area contributed by atoms with Crippen molar-refractivity contribution in [1.82, 2.24) is 0 Å². The van der Waals surface area contributed by atoms with Crippen LogP contribution in [-0.4, -0.2) is 11.0 Å². The Kier molecular flexibility index (Phi) is 2.28. The number of hydrogen-bond acceptors (Lipinski definition) is 0. The normalized spacial score (nSPS) is 34.8. The highest BCUT2D eigenvalue weighted by Crippen LogP contribution is 2.41. The van der Waals surface area contributed by atoms with Crippen molar-refractivity contribution in [2.24, 2.45) is 5.92 Å². The van der Waals surface area contributed by atoms with E-state index in [9.17, 15) is 13.2 Å². The lowest BCUT2D eigenvalue weighted by Crippen LogP contribution is -2.19. The summed E-state index contributed by atoms with van der Waals surface area (Å²) in [5.41, 5.74) is 0. The van der Waals surface area contributed by atoms with E-state index >= 15 is 0 Å². The molecule has 0 aromatic carbocycles. The first-order valence-corrected chi connectivity index (χ1v) is 4.12. The molecule has 1 fully saturated rings. The van der Waals surface area contributed by atoms with E-state index in [-0.39, 0.29) is 11.2 Å². The van der Waals surface area contributed by atoms with E-state index < -0.39 is 12.1 Å². The fourth-order valence-electron chi connectivity index (χ4n) is 1.22. The van der Waals surface area contributed by atoms with Gasteiger partial charge in [-0.15, -0.1) is 0 Å². The van der Waals surface area contributed by atoms with Crippen molar-refractivity contribution in [1.29, 1.82) is 0 Å². The molecule has 1 aliphatic carbocycles. The van der Waals surface area contributed by atoms with Gasteiger partial charge < -0.3 is 0 Å². The molecule has 0 unspecified atom stereocenters. The second-order valence-electron chi connectivity index (χ2n) is 2.65. The molecule has 0 radical (unpaired) electrons. The van der Waals surface area contributed by atoms with E-state index in [2.05, 4.69) is 15.9 Å². The Bertz CT molecular complexity index is 121. The van der Waals surface area contributed by atoms with Crippen molar-refractivity contribution in [2.75, 3.05) is 0 Å². The molecule has 0 N–H and O–H groups in total. The summed E-state index contributed by atoms with van der Waals surface area (Å²) in [4.78, 5) is 0.0825. The van der Waals surface area contributed by atoms with Gasteiger partial charge in [-0.1, -0.05) is 15.9 Å². The standard InChI is InChI=1S/C6H8BrF3/c7-5-2-1-4(3-5)6(8,9)10/h4-5H,1-3H2/t4-,5+/m1/s1. The van der Waals surface area contributed by atoms with E-state index in [0.717, 1.165) is 0 Å². The first kappa shape index (κ1) is 8.37. The fourth-order valence-corrected chi connectivity index (χ4v) is 1.94. The third kappa shape index (κ3) is 1.87. The van der Waals surface area contributed by atoms with Crippen molar-refractivity contribution in [3.63, 3.8) is 0 Å². The first-order valence-electron chi connectivity index (χ1n) is 3.21. The smallest absolute Gasteiger partial charge is 0.171 e. The molecule has 1 rings (SSSR count). The molecule has 0 spiro atoms. The molecule has 4 heteroatoms. The predicted molar refractivity (Wildman–Crippen MR) is 36.1 cm³/mol. The summed E-state index contributed by atoms with van der Waals surface area (Å²) in [6.07, 6.45) is -2.77. The van der Waals surface area contributed by atoms with Crippen LogP contribution in [0.15, 0.2) is 0 Å². The summed E-state index contributed by atoms with van der Waals surface area (Å²) in [5.74, 6) is -1.06. The van der Waals surface area contributed by atoms with Gasteiger partial charge in [0.15, 0.2) is 0 Å². The maximum Gasteiger partial charge on any atom is 0.391 e. The second kappa shape index (κ2) is 2.72. The largest absolute Gasteiger partial charge is 0.391 e. The number of halogens is 4. The van der Waals surface area contributed by atoms with E-state index in [1.165, 1.54) is 0 Å². The molecule has 10 heavy (non-hydrogen) atoms. The lowest BCUT2D eigenvalue weighted by Gasteiger charge is -2.12. The lowest BCUT2D eigenvalue weighted by atomic mass is 10.1. The van der Waals surface area contributed by atoms with Gasteiger partial charge in [-0.3, -0.25) is 0 Å². The molecule has 1 saturated carbocycles. The van der Waals surface area contributed by atoms with Crippen molar-refractivity contribution in [2.45, 2.75) is 30.3 Å². The minimum absolute atomic E-state index is 0.0825. The molecule has 60 valence electrons. The van der Waals surface area contributed by atoms with Gasteiger partial charge in [-0.25, -0.2) is 0 Å². The molecule has 0 bridgehead atoms. The average Bonchev–Trinajstić information content (AvgIpc) is 2.11.